The molecule has 1 rings (SSSR count). The maximum atomic E-state index is 11.7. The SMILES string of the molecule is O=C(O)CN(CC(=O)O)C(=O)NCc1ccncc1. The van der Waals surface area contributed by atoms with E-state index in [-0.39, 0.29) is 6.54 Å². The van der Waals surface area contributed by atoms with Crippen LogP contribution in [0.4, 0.5) is 4.79 Å². The molecule has 3 N–H and O–H groups in total. The van der Waals surface area contributed by atoms with E-state index in [1.165, 1.54) is 0 Å². The lowest BCUT2D eigenvalue weighted by molar-refractivity contribution is -0.140. The van der Waals surface area contributed by atoms with Crippen molar-refractivity contribution >= 4 is 18.0 Å². The standard InChI is InChI=1S/C11H13N3O5/c15-9(16)6-14(7-10(17)18)11(19)13-5-8-1-3-12-4-2-8/h1-4H,5-7H2,(H,13,19)(H,15,16)(H,17,18). The van der Waals surface area contributed by atoms with Crippen LogP contribution in [0.2, 0.25) is 0 Å². The predicted octanol–water partition coefficient (Wildman–Crippen LogP) is -0.238. The van der Waals surface area contributed by atoms with Crippen LogP contribution in [0.1, 0.15) is 5.56 Å². The number of nitrogens with one attached hydrogen (secondary N) is 1. The van der Waals surface area contributed by atoms with Gasteiger partial charge in [0.15, 0.2) is 0 Å². The molecule has 0 saturated carbocycles. The summed E-state index contributed by atoms with van der Waals surface area (Å²) in [7, 11) is 0. The molecule has 0 bridgehead atoms. The molecule has 0 saturated heterocycles. The first kappa shape index (κ1) is 14.4. The van der Waals surface area contributed by atoms with Crippen molar-refractivity contribution in [3.05, 3.63) is 30.1 Å². The van der Waals surface area contributed by atoms with E-state index in [1.54, 1.807) is 24.5 Å². The summed E-state index contributed by atoms with van der Waals surface area (Å²) >= 11 is 0. The van der Waals surface area contributed by atoms with Gasteiger partial charge in [-0.05, 0) is 17.7 Å². The van der Waals surface area contributed by atoms with E-state index in [0.29, 0.717) is 4.90 Å². The highest BCUT2D eigenvalue weighted by Crippen LogP contribution is 1.97. The van der Waals surface area contributed by atoms with Gasteiger partial charge in [0.25, 0.3) is 0 Å². The average Bonchev–Trinajstić information content (AvgIpc) is 2.35. The minimum atomic E-state index is -1.28. The van der Waals surface area contributed by atoms with Crippen molar-refractivity contribution in [1.29, 1.82) is 0 Å². The van der Waals surface area contributed by atoms with Gasteiger partial charge in [0.05, 0.1) is 0 Å². The number of carboxylic acid groups (broad SMARTS) is 2. The third-order valence-electron chi connectivity index (χ3n) is 2.13. The highest BCUT2D eigenvalue weighted by molar-refractivity contribution is 5.84. The quantitative estimate of drug-likeness (QED) is 0.654. The number of amides is 2. The molecule has 0 unspecified atom stereocenters. The third kappa shape index (κ3) is 5.48. The van der Waals surface area contributed by atoms with Crippen LogP contribution in [-0.4, -0.2) is 51.2 Å². The number of hydrogen-bond donors (Lipinski definition) is 3. The molecule has 0 atom stereocenters. The summed E-state index contributed by atoms with van der Waals surface area (Å²) in [6.45, 7) is -1.18. The number of nitrogens with zero attached hydrogens (tertiary/aromatic N) is 2. The molecular weight excluding hydrogens is 254 g/mol. The number of pyridine rings is 1. The van der Waals surface area contributed by atoms with Crippen LogP contribution in [0.25, 0.3) is 0 Å². The summed E-state index contributed by atoms with van der Waals surface area (Å²) in [4.78, 5) is 37.3. The molecule has 1 heterocycles. The minimum Gasteiger partial charge on any atom is -0.480 e. The first-order chi connectivity index (χ1) is 8.99. The van der Waals surface area contributed by atoms with Gasteiger partial charge < -0.3 is 20.4 Å². The summed E-state index contributed by atoms with van der Waals surface area (Å²) in [6, 6.07) is 2.61. The number of hydrogen-bond acceptors (Lipinski definition) is 4. The van der Waals surface area contributed by atoms with Gasteiger partial charge in [-0.2, -0.15) is 0 Å². The molecule has 0 aliphatic heterocycles. The highest BCUT2D eigenvalue weighted by atomic mass is 16.4. The normalized spacial score (nSPS) is 9.68. The molecule has 1 aromatic rings. The van der Waals surface area contributed by atoms with E-state index in [9.17, 15) is 14.4 Å². The van der Waals surface area contributed by atoms with E-state index in [1.807, 2.05) is 0 Å². The number of rotatable bonds is 6. The van der Waals surface area contributed by atoms with E-state index in [0.717, 1.165) is 5.56 Å². The molecule has 0 spiro atoms. The largest absolute Gasteiger partial charge is 0.480 e. The summed E-state index contributed by atoms with van der Waals surface area (Å²) in [5, 5.41) is 19.7. The number of carboxylic acids is 2. The van der Waals surface area contributed by atoms with Crippen molar-refractivity contribution in [2.75, 3.05) is 13.1 Å². The Balaban J connectivity index is 2.56. The van der Waals surface area contributed by atoms with Gasteiger partial charge in [-0.1, -0.05) is 0 Å². The molecule has 0 aliphatic rings. The van der Waals surface area contributed by atoms with E-state index >= 15 is 0 Å². The van der Waals surface area contributed by atoms with Crippen LogP contribution in [0, 0.1) is 0 Å². The van der Waals surface area contributed by atoms with Crippen LogP contribution in [0.15, 0.2) is 24.5 Å². The monoisotopic (exact) mass is 267 g/mol. The first-order valence-corrected chi connectivity index (χ1v) is 5.34. The molecule has 0 radical (unpaired) electrons. The second-order valence-electron chi connectivity index (χ2n) is 3.66. The Bertz CT molecular complexity index is 447. The minimum absolute atomic E-state index is 0.164. The van der Waals surface area contributed by atoms with Crippen LogP contribution in [0.5, 0.6) is 0 Å². The summed E-state index contributed by atoms with van der Waals surface area (Å²) in [6.07, 6.45) is 3.10. The van der Waals surface area contributed by atoms with E-state index < -0.39 is 31.1 Å². The topological polar surface area (TPSA) is 120 Å². The lowest BCUT2D eigenvalue weighted by atomic mass is 10.3. The first-order valence-electron chi connectivity index (χ1n) is 5.34. The number of carbonyl (C=O) groups is 3. The lowest BCUT2D eigenvalue weighted by Gasteiger charge is -2.19. The molecule has 19 heavy (non-hydrogen) atoms. The van der Waals surface area contributed by atoms with Gasteiger partial charge in [0.2, 0.25) is 0 Å². The molecule has 0 fully saturated rings. The van der Waals surface area contributed by atoms with Gasteiger partial charge in [0.1, 0.15) is 13.1 Å². The summed E-state index contributed by atoms with van der Waals surface area (Å²) < 4.78 is 0. The Morgan fingerprint density at radius 3 is 2.11 bits per heavy atom. The lowest BCUT2D eigenvalue weighted by Crippen LogP contribution is -2.45. The Labute approximate surface area is 108 Å². The van der Waals surface area contributed by atoms with Crippen LogP contribution < -0.4 is 5.32 Å². The number of aromatic nitrogens is 1. The molecule has 2 amide bonds. The fourth-order valence-electron chi connectivity index (χ4n) is 1.32. The molecular formula is C11H13N3O5. The van der Waals surface area contributed by atoms with Crippen molar-refractivity contribution < 1.29 is 24.6 Å². The smallest absolute Gasteiger partial charge is 0.323 e. The van der Waals surface area contributed by atoms with Gasteiger partial charge in [0, 0.05) is 18.9 Å². The van der Waals surface area contributed by atoms with Crippen LogP contribution in [0.3, 0.4) is 0 Å². The van der Waals surface area contributed by atoms with Crippen molar-refractivity contribution in [1.82, 2.24) is 15.2 Å². The van der Waals surface area contributed by atoms with Gasteiger partial charge in [-0.25, -0.2) is 4.79 Å². The van der Waals surface area contributed by atoms with Crippen molar-refractivity contribution in [2.24, 2.45) is 0 Å². The maximum Gasteiger partial charge on any atom is 0.323 e. The number of carbonyl (C=O) groups excluding carboxylic acids is 1. The zero-order chi connectivity index (χ0) is 14.3. The Hall–Kier alpha value is -2.64. The summed E-state index contributed by atoms with van der Waals surface area (Å²) in [5.41, 5.74) is 0.772. The molecule has 8 nitrogen and oxygen atoms in total. The van der Waals surface area contributed by atoms with Crippen molar-refractivity contribution in [2.45, 2.75) is 6.54 Å². The number of urea groups is 1. The summed E-state index contributed by atoms with van der Waals surface area (Å²) in [5.74, 6) is -2.55. The van der Waals surface area contributed by atoms with E-state index in [4.69, 9.17) is 10.2 Å². The van der Waals surface area contributed by atoms with Crippen LogP contribution >= 0.6 is 0 Å². The fraction of sp³-hybridized carbons (Fsp3) is 0.273. The molecule has 102 valence electrons. The Morgan fingerprint density at radius 2 is 1.63 bits per heavy atom. The van der Waals surface area contributed by atoms with Gasteiger partial charge in [-0.3, -0.25) is 14.6 Å². The van der Waals surface area contributed by atoms with Crippen LogP contribution in [-0.2, 0) is 16.1 Å². The Kier molecular flexibility index (Phi) is 5.27. The third-order valence-corrected chi connectivity index (χ3v) is 2.13. The van der Waals surface area contributed by atoms with Gasteiger partial charge in [-0.15, -0.1) is 0 Å². The zero-order valence-electron chi connectivity index (χ0n) is 9.94. The molecule has 0 aliphatic carbocycles. The van der Waals surface area contributed by atoms with E-state index in [2.05, 4.69) is 10.3 Å². The van der Waals surface area contributed by atoms with Crippen molar-refractivity contribution in [3.63, 3.8) is 0 Å². The molecule has 8 heteroatoms. The Morgan fingerprint density at radius 1 is 1.11 bits per heavy atom. The average molecular weight is 267 g/mol. The second kappa shape index (κ2) is 6.94. The van der Waals surface area contributed by atoms with Gasteiger partial charge >= 0.3 is 18.0 Å². The maximum absolute atomic E-state index is 11.7. The predicted molar refractivity (Wildman–Crippen MR) is 63.3 cm³/mol. The fourth-order valence-corrected chi connectivity index (χ4v) is 1.32. The molecule has 1 aromatic heterocycles. The highest BCUT2D eigenvalue weighted by Gasteiger charge is 2.19. The zero-order valence-corrected chi connectivity index (χ0v) is 9.94. The molecule has 0 aromatic carbocycles. The second-order valence-corrected chi connectivity index (χ2v) is 3.66. The number of aliphatic carboxylic acids is 2. The van der Waals surface area contributed by atoms with Crippen molar-refractivity contribution in [3.8, 4) is 0 Å².